The highest BCUT2D eigenvalue weighted by Gasteiger charge is 2.32. The summed E-state index contributed by atoms with van der Waals surface area (Å²) >= 11 is 1.01. The molecule has 21 heavy (non-hydrogen) atoms. The summed E-state index contributed by atoms with van der Waals surface area (Å²) in [5.74, 6) is -1.38. The fraction of sp³-hybridized carbons (Fsp3) is 0.0769. The van der Waals surface area contributed by atoms with E-state index in [4.69, 9.17) is 10.8 Å². The Morgan fingerprint density at radius 1 is 1.33 bits per heavy atom. The number of nitrogen functional groups attached to an aromatic ring is 1. The van der Waals surface area contributed by atoms with Gasteiger partial charge in [0, 0.05) is 5.38 Å². The average molecular weight is 314 g/mol. The van der Waals surface area contributed by atoms with E-state index in [0.717, 1.165) is 23.5 Å². The number of carbonyl (C=O) groups is 1. The number of rotatable bonds is 3. The topological polar surface area (TPSA) is 76.2 Å². The summed E-state index contributed by atoms with van der Waals surface area (Å²) in [6.07, 6.45) is -3.63. The zero-order valence-electron chi connectivity index (χ0n) is 10.4. The molecule has 0 saturated heterocycles. The van der Waals surface area contributed by atoms with Crippen molar-refractivity contribution in [2.24, 2.45) is 0 Å². The molecule has 0 atom stereocenters. The minimum Gasteiger partial charge on any atom is -0.478 e. The molecule has 0 aliphatic rings. The molecular formula is C13H9F3N2O2S. The first-order chi connectivity index (χ1) is 9.79. The van der Waals surface area contributed by atoms with E-state index in [0.29, 0.717) is 0 Å². The highest BCUT2D eigenvalue weighted by molar-refractivity contribution is 7.13. The normalized spacial score (nSPS) is 12.4. The zero-order valence-corrected chi connectivity index (χ0v) is 11.2. The Hall–Kier alpha value is -2.35. The minimum absolute atomic E-state index is 0.0296. The number of benzene rings is 1. The van der Waals surface area contributed by atoms with Gasteiger partial charge in [0.2, 0.25) is 0 Å². The maximum Gasteiger partial charge on any atom is 0.416 e. The molecule has 0 radical (unpaired) electrons. The third-order valence-electron chi connectivity index (χ3n) is 2.59. The standard InChI is InChI=1S/C13H9F3N2O2S/c14-13(15,16)9-4-2-1-3-7(9)5-8(11(19)20)10-6-21-12(17)18-10/h1-6H,(H2,17,18)(H,19,20). The average Bonchev–Trinajstić information content (AvgIpc) is 2.81. The number of hydrogen-bond acceptors (Lipinski definition) is 4. The molecular weight excluding hydrogens is 305 g/mol. The maximum atomic E-state index is 12.9. The predicted molar refractivity (Wildman–Crippen MR) is 73.5 cm³/mol. The fourth-order valence-electron chi connectivity index (χ4n) is 1.69. The van der Waals surface area contributed by atoms with Crippen molar-refractivity contribution in [3.05, 3.63) is 46.5 Å². The van der Waals surface area contributed by atoms with E-state index in [1.54, 1.807) is 0 Å². The summed E-state index contributed by atoms with van der Waals surface area (Å²) in [7, 11) is 0. The molecule has 2 rings (SSSR count). The number of nitrogens with zero attached hydrogens (tertiary/aromatic N) is 1. The molecule has 0 fully saturated rings. The van der Waals surface area contributed by atoms with Crippen LogP contribution in [-0.2, 0) is 11.0 Å². The van der Waals surface area contributed by atoms with Crippen molar-refractivity contribution in [3.8, 4) is 0 Å². The van der Waals surface area contributed by atoms with Crippen molar-refractivity contribution in [3.63, 3.8) is 0 Å². The van der Waals surface area contributed by atoms with E-state index >= 15 is 0 Å². The van der Waals surface area contributed by atoms with Crippen molar-refractivity contribution in [1.82, 2.24) is 4.98 Å². The fourth-order valence-corrected chi connectivity index (χ4v) is 2.26. The third kappa shape index (κ3) is 3.40. The number of thiazole rings is 1. The maximum absolute atomic E-state index is 12.9. The van der Waals surface area contributed by atoms with Crippen molar-refractivity contribution in [1.29, 1.82) is 0 Å². The summed E-state index contributed by atoms with van der Waals surface area (Å²) in [6.45, 7) is 0. The lowest BCUT2D eigenvalue weighted by Crippen LogP contribution is -2.08. The van der Waals surface area contributed by atoms with Gasteiger partial charge in [0.05, 0.1) is 16.8 Å². The van der Waals surface area contributed by atoms with Crippen LogP contribution in [0.15, 0.2) is 29.6 Å². The molecule has 0 spiro atoms. The van der Waals surface area contributed by atoms with Crippen LogP contribution in [0.1, 0.15) is 16.8 Å². The van der Waals surface area contributed by atoms with Crippen LogP contribution in [0.3, 0.4) is 0 Å². The summed E-state index contributed by atoms with van der Waals surface area (Å²) < 4.78 is 38.7. The number of carboxylic acid groups (broad SMARTS) is 1. The molecule has 2 aromatic rings. The van der Waals surface area contributed by atoms with E-state index in [9.17, 15) is 18.0 Å². The van der Waals surface area contributed by atoms with Crippen LogP contribution >= 0.6 is 11.3 Å². The lowest BCUT2D eigenvalue weighted by Gasteiger charge is -2.10. The summed E-state index contributed by atoms with van der Waals surface area (Å²) in [6, 6.07) is 4.72. The lowest BCUT2D eigenvalue weighted by atomic mass is 10.0. The highest BCUT2D eigenvalue weighted by Crippen LogP contribution is 2.33. The minimum atomic E-state index is -4.57. The second kappa shape index (κ2) is 5.57. The zero-order chi connectivity index (χ0) is 15.6. The Labute approximate surface area is 121 Å². The molecule has 3 N–H and O–H groups in total. The summed E-state index contributed by atoms with van der Waals surface area (Å²) in [4.78, 5) is 15.0. The van der Waals surface area contributed by atoms with Gasteiger partial charge in [-0.25, -0.2) is 9.78 Å². The molecule has 8 heteroatoms. The quantitative estimate of drug-likeness (QED) is 0.852. The molecule has 0 unspecified atom stereocenters. The van der Waals surface area contributed by atoms with Gasteiger partial charge in [-0.05, 0) is 17.7 Å². The summed E-state index contributed by atoms with van der Waals surface area (Å²) in [5.41, 5.74) is 3.95. The van der Waals surface area contributed by atoms with Gasteiger partial charge in [0.1, 0.15) is 0 Å². The molecule has 0 amide bonds. The molecule has 0 aliphatic heterocycles. The van der Waals surface area contributed by atoms with Gasteiger partial charge in [0.15, 0.2) is 5.13 Å². The van der Waals surface area contributed by atoms with Gasteiger partial charge in [-0.15, -0.1) is 11.3 Å². The first-order valence-electron chi connectivity index (χ1n) is 5.61. The predicted octanol–water partition coefficient (Wildman–Crippen LogP) is 3.37. The highest BCUT2D eigenvalue weighted by atomic mass is 32.1. The Bertz CT molecular complexity index is 707. The Kier molecular flexibility index (Phi) is 3.99. The van der Waals surface area contributed by atoms with E-state index < -0.39 is 17.7 Å². The van der Waals surface area contributed by atoms with Crippen LogP contribution in [0.25, 0.3) is 11.6 Å². The van der Waals surface area contributed by atoms with Crippen molar-refractivity contribution in [2.75, 3.05) is 5.73 Å². The molecule has 4 nitrogen and oxygen atoms in total. The number of nitrogens with two attached hydrogens (primary N) is 1. The molecule has 0 saturated carbocycles. The monoisotopic (exact) mass is 314 g/mol. The van der Waals surface area contributed by atoms with Crippen LogP contribution in [0.2, 0.25) is 0 Å². The lowest BCUT2D eigenvalue weighted by molar-refractivity contribution is -0.137. The van der Waals surface area contributed by atoms with Crippen molar-refractivity contribution >= 4 is 34.1 Å². The number of aromatic nitrogens is 1. The molecule has 0 bridgehead atoms. The molecule has 110 valence electrons. The van der Waals surface area contributed by atoms with Gasteiger partial charge in [-0.2, -0.15) is 13.2 Å². The second-order valence-corrected chi connectivity index (χ2v) is 4.91. The van der Waals surface area contributed by atoms with Gasteiger partial charge < -0.3 is 10.8 Å². The van der Waals surface area contributed by atoms with E-state index in [-0.39, 0.29) is 22.0 Å². The SMILES string of the molecule is Nc1nc(C(=Cc2ccccc2C(F)(F)F)C(=O)O)cs1. The number of aliphatic carboxylic acids is 1. The van der Waals surface area contributed by atoms with Gasteiger partial charge in [-0.1, -0.05) is 18.2 Å². The van der Waals surface area contributed by atoms with Crippen molar-refractivity contribution in [2.45, 2.75) is 6.18 Å². The van der Waals surface area contributed by atoms with E-state index in [1.165, 1.54) is 23.6 Å². The smallest absolute Gasteiger partial charge is 0.416 e. The second-order valence-electron chi connectivity index (χ2n) is 4.02. The van der Waals surface area contributed by atoms with Crippen LogP contribution in [0.5, 0.6) is 0 Å². The van der Waals surface area contributed by atoms with Gasteiger partial charge >= 0.3 is 12.1 Å². The van der Waals surface area contributed by atoms with Gasteiger partial charge in [0.25, 0.3) is 0 Å². The van der Waals surface area contributed by atoms with Crippen LogP contribution in [-0.4, -0.2) is 16.1 Å². The number of hydrogen-bond donors (Lipinski definition) is 2. The summed E-state index contributed by atoms with van der Waals surface area (Å²) in [5, 5.41) is 10.7. The number of halogens is 3. The largest absolute Gasteiger partial charge is 0.478 e. The van der Waals surface area contributed by atoms with Gasteiger partial charge in [-0.3, -0.25) is 0 Å². The molecule has 0 aliphatic carbocycles. The third-order valence-corrected chi connectivity index (χ3v) is 3.27. The van der Waals surface area contributed by atoms with E-state index in [2.05, 4.69) is 4.98 Å². The molecule has 1 aromatic heterocycles. The van der Waals surface area contributed by atoms with Crippen LogP contribution in [0, 0.1) is 0 Å². The molecule has 1 heterocycles. The number of anilines is 1. The van der Waals surface area contributed by atoms with Crippen molar-refractivity contribution < 1.29 is 23.1 Å². The van der Waals surface area contributed by atoms with Crippen LogP contribution < -0.4 is 5.73 Å². The van der Waals surface area contributed by atoms with E-state index in [1.807, 2.05) is 0 Å². The Morgan fingerprint density at radius 3 is 2.52 bits per heavy atom. The molecule has 1 aromatic carbocycles. The number of carboxylic acids is 1. The Morgan fingerprint density at radius 2 is 2.00 bits per heavy atom. The first-order valence-corrected chi connectivity index (χ1v) is 6.49. The number of alkyl halides is 3. The van der Waals surface area contributed by atoms with Crippen LogP contribution in [0.4, 0.5) is 18.3 Å². The Balaban J connectivity index is 2.57. The first kappa shape index (κ1) is 15.0.